The minimum absolute atomic E-state index is 0.0238. The molecule has 0 bridgehead atoms. The van der Waals surface area contributed by atoms with Crippen LogP contribution in [0.2, 0.25) is 5.02 Å². The fourth-order valence-corrected chi connectivity index (χ4v) is 5.11. The SMILES string of the molecule is Cc1nc(N2CCC(N3CCCC3)CC2)nc2ccc(NC(=O)COc3ccc(Cl)cc3F)cc12. The summed E-state index contributed by atoms with van der Waals surface area (Å²) in [4.78, 5) is 26.8. The maximum atomic E-state index is 13.8. The number of aromatic nitrogens is 2. The number of amides is 1. The summed E-state index contributed by atoms with van der Waals surface area (Å²) in [5.41, 5.74) is 2.31. The summed E-state index contributed by atoms with van der Waals surface area (Å²) in [5.74, 6) is -0.260. The zero-order chi connectivity index (χ0) is 24.4. The van der Waals surface area contributed by atoms with Crippen molar-refractivity contribution in [2.24, 2.45) is 0 Å². The van der Waals surface area contributed by atoms with Gasteiger partial charge in [0.25, 0.3) is 5.91 Å². The van der Waals surface area contributed by atoms with Gasteiger partial charge in [0.1, 0.15) is 0 Å². The number of ether oxygens (including phenoxy) is 1. The summed E-state index contributed by atoms with van der Waals surface area (Å²) < 4.78 is 19.1. The van der Waals surface area contributed by atoms with Gasteiger partial charge in [-0.2, -0.15) is 0 Å². The first-order valence-electron chi connectivity index (χ1n) is 12.1. The number of nitrogens with one attached hydrogen (secondary N) is 1. The molecule has 1 amide bonds. The van der Waals surface area contributed by atoms with E-state index in [-0.39, 0.29) is 17.4 Å². The molecule has 0 unspecified atom stereocenters. The average molecular weight is 498 g/mol. The zero-order valence-corrected chi connectivity index (χ0v) is 20.5. The number of halogens is 2. The van der Waals surface area contributed by atoms with E-state index < -0.39 is 11.7 Å². The number of fused-ring (bicyclic) bond motifs is 1. The molecule has 7 nitrogen and oxygen atoms in total. The Kier molecular flexibility index (Phi) is 7.02. The average Bonchev–Trinajstić information content (AvgIpc) is 3.39. The van der Waals surface area contributed by atoms with Gasteiger partial charge in [0.05, 0.1) is 11.2 Å². The molecule has 1 aromatic heterocycles. The highest BCUT2D eigenvalue weighted by Gasteiger charge is 2.27. The molecule has 0 spiro atoms. The Morgan fingerprint density at radius 1 is 1.11 bits per heavy atom. The van der Waals surface area contributed by atoms with Crippen LogP contribution in [0.25, 0.3) is 10.9 Å². The molecule has 1 N–H and O–H groups in total. The smallest absolute Gasteiger partial charge is 0.262 e. The van der Waals surface area contributed by atoms with E-state index in [9.17, 15) is 9.18 Å². The molecule has 3 aromatic rings. The second-order valence-corrected chi connectivity index (χ2v) is 9.65. The maximum Gasteiger partial charge on any atom is 0.262 e. The lowest BCUT2D eigenvalue weighted by Crippen LogP contribution is -2.44. The van der Waals surface area contributed by atoms with Crippen molar-refractivity contribution in [3.63, 3.8) is 0 Å². The third kappa shape index (κ3) is 5.49. The van der Waals surface area contributed by atoms with Crippen LogP contribution >= 0.6 is 11.6 Å². The molecule has 3 heterocycles. The normalized spacial score (nSPS) is 17.2. The minimum atomic E-state index is -0.611. The fourth-order valence-electron chi connectivity index (χ4n) is 4.96. The van der Waals surface area contributed by atoms with Gasteiger partial charge in [0.2, 0.25) is 5.95 Å². The van der Waals surface area contributed by atoms with Gasteiger partial charge in [-0.1, -0.05) is 11.6 Å². The Bertz CT molecular complexity index is 1230. The number of benzene rings is 2. The standard InChI is InChI=1S/C26H29ClFN5O2/c1-17-21-15-19(30-25(34)16-35-24-7-4-18(27)14-22(24)28)5-6-23(21)31-26(29-17)33-12-8-20(9-13-33)32-10-2-3-11-32/h4-7,14-15,20H,2-3,8-13,16H2,1H3,(H,30,34). The number of hydrogen-bond acceptors (Lipinski definition) is 6. The largest absolute Gasteiger partial charge is 0.481 e. The van der Waals surface area contributed by atoms with Gasteiger partial charge in [-0.25, -0.2) is 14.4 Å². The van der Waals surface area contributed by atoms with Gasteiger partial charge < -0.3 is 19.9 Å². The first-order valence-corrected chi connectivity index (χ1v) is 12.5. The van der Waals surface area contributed by atoms with Gasteiger partial charge in [-0.3, -0.25) is 4.79 Å². The molecule has 0 aliphatic carbocycles. The maximum absolute atomic E-state index is 13.8. The molecule has 35 heavy (non-hydrogen) atoms. The zero-order valence-electron chi connectivity index (χ0n) is 19.8. The van der Waals surface area contributed by atoms with E-state index in [2.05, 4.69) is 15.1 Å². The summed E-state index contributed by atoms with van der Waals surface area (Å²) in [6, 6.07) is 10.3. The highest BCUT2D eigenvalue weighted by molar-refractivity contribution is 6.30. The topological polar surface area (TPSA) is 70.6 Å². The van der Waals surface area contributed by atoms with Crippen molar-refractivity contribution in [2.75, 3.05) is 43.0 Å². The molecule has 2 saturated heterocycles. The van der Waals surface area contributed by atoms with Crippen molar-refractivity contribution in [1.82, 2.24) is 14.9 Å². The first-order chi connectivity index (χ1) is 17.0. The molecule has 9 heteroatoms. The quantitative estimate of drug-likeness (QED) is 0.527. The molecule has 2 aliphatic rings. The number of hydrogen-bond donors (Lipinski definition) is 1. The predicted octanol–water partition coefficient (Wildman–Crippen LogP) is 4.81. The number of likely N-dealkylation sites (tertiary alicyclic amines) is 1. The molecule has 0 atom stereocenters. The number of piperidine rings is 1. The van der Waals surface area contributed by atoms with Crippen LogP contribution in [0.5, 0.6) is 5.75 Å². The van der Waals surface area contributed by atoms with Crippen LogP contribution in [-0.2, 0) is 4.79 Å². The van der Waals surface area contributed by atoms with E-state index in [1.165, 1.54) is 38.1 Å². The van der Waals surface area contributed by atoms with Crippen molar-refractivity contribution >= 4 is 40.0 Å². The van der Waals surface area contributed by atoms with Crippen LogP contribution < -0.4 is 15.0 Å². The Labute approximate surface area is 209 Å². The molecule has 184 valence electrons. The summed E-state index contributed by atoms with van der Waals surface area (Å²) in [6.07, 6.45) is 4.94. The summed E-state index contributed by atoms with van der Waals surface area (Å²) in [7, 11) is 0. The number of nitrogens with zero attached hydrogens (tertiary/aromatic N) is 4. The second kappa shape index (κ2) is 10.3. The van der Waals surface area contributed by atoms with Crippen molar-refractivity contribution in [3.8, 4) is 5.75 Å². The van der Waals surface area contributed by atoms with E-state index in [4.69, 9.17) is 26.3 Å². The van der Waals surface area contributed by atoms with E-state index in [0.717, 1.165) is 54.5 Å². The monoisotopic (exact) mass is 497 g/mol. The Hall–Kier alpha value is -2.97. The Balaban J connectivity index is 1.22. The summed E-state index contributed by atoms with van der Waals surface area (Å²) in [5, 5.41) is 3.93. The lowest BCUT2D eigenvalue weighted by molar-refractivity contribution is -0.118. The van der Waals surface area contributed by atoms with Crippen LogP contribution in [0, 0.1) is 12.7 Å². The third-order valence-corrected chi connectivity index (χ3v) is 7.05. The highest BCUT2D eigenvalue weighted by atomic mass is 35.5. The van der Waals surface area contributed by atoms with Crippen molar-refractivity contribution in [1.29, 1.82) is 0 Å². The van der Waals surface area contributed by atoms with E-state index >= 15 is 0 Å². The minimum Gasteiger partial charge on any atom is -0.481 e. The third-order valence-electron chi connectivity index (χ3n) is 6.82. The van der Waals surface area contributed by atoms with Crippen LogP contribution in [0.4, 0.5) is 16.0 Å². The van der Waals surface area contributed by atoms with Gasteiger partial charge >= 0.3 is 0 Å². The summed E-state index contributed by atoms with van der Waals surface area (Å²) >= 11 is 5.74. The number of carbonyl (C=O) groups excluding carboxylic acids is 1. The molecular weight excluding hydrogens is 469 g/mol. The van der Waals surface area contributed by atoms with Crippen molar-refractivity contribution in [3.05, 3.63) is 52.9 Å². The van der Waals surface area contributed by atoms with Gasteiger partial charge in [0.15, 0.2) is 18.2 Å². The van der Waals surface area contributed by atoms with Crippen LogP contribution in [0.3, 0.4) is 0 Å². The van der Waals surface area contributed by atoms with Gasteiger partial charge in [-0.15, -0.1) is 0 Å². The number of carbonyl (C=O) groups is 1. The summed E-state index contributed by atoms with van der Waals surface area (Å²) in [6.45, 7) is 6.04. The molecule has 0 saturated carbocycles. The molecule has 2 aliphatic heterocycles. The van der Waals surface area contributed by atoms with Gasteiger partial charge in [-0.05, 0) is 82.1 Å². The molecule has 0 radical (unpaired) electrons. The predicted molar refractivity (Wildman–Crippen MR) is 136 cm³/mol. The number of aryl methyl sites for hydroxylation is 1. The van der Waals surface area contributed by atoms with Crippen molar-refractivity contribution in [2.45, 2.75) is 38.6 Å². The highest BCUT2D eigenvalue weighted by Crippen LogP contribution is 2.27. The van der Waals surface area contributed by atoms with E-state index in [1.807, 2.05) is 19.1 Å². The molecular formula is C26H29ClFN5O2. The first kappa shape index (κ1) is 23.8. The van der Waals surface area contributed by atoms with E-state index in [0.29, 0.717) is 11.7 Å². The Morgan fingerprint density at radius 3 is 2.63 bits per heavy atom. The van der Waals surface area contributed by atoms with Crippen LogP contribution in [0.1, 0.15) is 31.4 Å². The number of rotatable bonds is 6. The Morgan fingerprint density at radius 2 is 1.89 bits per heavy atom. The van der Waals surface area contributed by atoms with Crippen LogP contribution in [0.15, 0.2) is 36.4 Å². The molecule has 2 aromatic carbocycles. The second-order valence-electron chi connectivity index (χ2n) is 9.21. The van der Waals surface area contributed by atoms with Crippen LogP contribution in [-0.4, -0.2) is 59.6 Å². The molecule has 5 rings (SSSR count). The van der Waals surface area contributed by atoms with E-state index in [1.54, 1.807) is 6.07 Å². The lowest BCUT2D eigenvalue weighted by Gasteiger charge is -2.36. The van der Waals surface area contributed by atoms with Crippen molar-refractivity contribution < 1.29 is 13.9 Å². The lowest BCUT2D eigenvalue weighted by atomic mass is 10.0. The molecule has 2 fully saturated rings. The number of anilines is 2. The van der Waals surface area contributed by atoms with Gasteiger partial charge in [0, 0.05) is 35.2 Å². The fraction of sp³-hybridized carbons (Fsp3) is 0.423.